The van der Waals surface area contributed by atoms with Crippen molar-refractivity contribution in [1.29, 1.82) is 0 Å². The van der Waals surface area contributed by atoms with E-state index in [1.165, 1.54) is 11.1 Å². The number of halogens is 1. The van der Waals surface area contributed by atoms with E-state index in [4.69, 9.17) is 11.6 Å². The van der Waals surface area contributed by atoms with Gasteiger partial charge >= 0.3 is 0 Å². The molecule has 78 valence electrons. The van der Waals surface area contributed by atoms with E-state index in [1.54, 1.807) is 0 Å². The molecule has 0 aromatic heterocycles. The fourth-order valence-electron chi connectivity index (χ4n) is 2.01. The Morgan fingerprint density at radius 2 is 1.81 bits per heavy atom. The molecule has 1 nitrogen and oxygen atoms in total. The Hall–Kier alpha value is -1.73. The van der Waals surface area contributed by atoms with Crippen LogP contribution in [0.2, 0.25) is 5.02 Å². The summed E-state index contributed by atoms with van der Waals surface area (Å²) in [5.74, 6) is 0. The number of rotatable bonds is 0. The molecule has 2 heteroatoms. The maximum Gasteiger partial charge on any atom is 0.0505 e. The van der Waals surface area contributed by atoms with Crippen molar-refractivity contribution in [3.8, 4) is 11.1 Å². The van der Waals surface area contributed by atoms with Crippen molar-refractivity contribution in [2.45, 2.75) is 0 Å². The molecule has 0 fully saturated rings. The molecule has 0 unspecified atom stereocenters. The van der Waals surface area contributed by atoms with Crippen LogP contribution in [-0.4, -0.2) is 0 Å². The molecule has 2 aromatic carbocycles. The molecule has 0 aliphatic carbocycles. The predicted molar refractivity (Wildman–Crippen MR) is 69.5 cm³/mol. The first-order valence-electron chi connectivity index (χ1n) is 5.17. The Kier molecular flexibility index (Phi) is 2.19. The van der Waals surface area contributed by atoms with Crippen molar-refractivity contribution >= 4 is 23.4 Å². The maximum absolute atomic E-state index is 6.27. The van der Waals surface area contributed by atoms with Gasteiger partial charge in [0.15, 0.2) is 0 Å². The maximum atomic E-state index is 6.27. The first-order chi connectivity index (χ1) is 7.86. The molecule has 1 heterocycles. The minimum atomic E-state index is 0.779. The van der Waals surface area contributed by atoms with Crippen LogP contribution in [0.3, 0.4) is 0 Å². The normalized spacial score (nSPS) is 12.3. The Labute approximate surface area is 99.4 Å². The van der Waals surface area contributed by atoms with Crippen LogP contribution < -0.4 is 5.32 Å². The van der Waals surface area contributed by atoms with E-state index < -0.39 is 0 Å². The summed E-state index contributed by atoms with van der Waals surface area (Å²) < 4.78 is 0. The molecule has 3 rings (SSSR count). The van der Waals surface area contributed by atoms with Crippen molar-refractivity contribution in [3.63, 3.8) is 0 Å². The number of nitrogens with one attached hydrogen (secondary N) is 1. The molecular formula is C14H10ClN. The second-order valence-electron chi connectivity index (χ2n) is 3.73. The fraction of sp³-hybridized carbons (Fsp3) is 0. The molecule has 16 heavy (non-hydrogen) atoms. The first-order valence-corrected chi connectivity index (χ1v) is 5.55. The zero-order valence-electron chi connectivity index (χ0n) is 8.57. The molecule has 0 atom stereocenters. The zero-order chi connectivity index (χ0) is 11.0. The third-order valence-electron chi connectivity index (χ3n) is 2.75. The van der Waals surface area contributed by atoms with E-state index in [1.807, 2.05) is 36.5 Å². The van der Waals surface area contributed by atoms with Crippen LogP contribution >= 0.6 is 11.6 Å². The summed E-state index contributed by atoms with van der Waals surface area (Å²) in [4.78, 5) is 0. The van der Waals surface area contributed by atoms with E-state index >= 15 is 0 Å². The van der Waals surface area contributed by atoms with Gasteiger partial charge < -0.3 is 5.32 Å². The van der Waals surface area contributed by atoms with Gasteiger partial charge in [-0.3, -0.25) is 0 Å². The number of benzene rings is 2. The van der Waals surface area contributed by atoms with E-state index in [9.17, 15) is 0 Å². The number of hydrogen-bond donors (Lipinski definition) is 1. The fourth-order valence-corrected chi connectivity index (χ4v) is 2.29. The van der Waals surface area contributed by atoms with Crippen LogP contribution in [0.5, 0.6) is 0 Å². The molecule has 0 amide bonds. The van der Waals surface area contributed by atoms with Gasteiger partial charge in [-0.05, 0) is 29.3 Å². The molecule has 0 bridgehead atoms. The lowest BCUT2D eigenvalue weighted by Gasteiger charge is -2.10. The predicted octanol–water partition coefficient (Wildman–Crippen LogP) is 4.40. The molecule has 1 aliphatic heterocycles. The van der Waals surface area contributed by atoms with Gasteiger partial charge in [-0.15, -0.1) is 0 Å². The van der Waals surface area contributed by atoms with Gasteiger partial charge in [-0.2, -0.15) is 0 Å². The van der Waals surface area contributed by atoms with Crippen LogP contribution in [0, 0.1) is 0 Å². The summed E-state index contributed by atoms with van der Waals surface area (Å²) in [6.45, 7) is 0. The van der Waals surface area contributed by atoms with Gasteiger partial charge in [-0.1, -0.05) is 41.9 Å². The van der Waals surface area contributed by atoms with Crippen molar-refractivity contribution in [2.24, 2.45) is 0 Å². The average molecular weight is 228 g/mol. The van der Waals surface area contributed by atoms with Gasteiger partial charge in [-0.25, -0.2) is 0 Å². The third kappa shape index (κ3) is 1.41. The Balaban J connectivity index is 2.37. The highest BCUT2D eigenvalue weighted by Gasteiger charge is 2.13. The Morgan fingerprint density at radius 3 is 2.75 bits per heavy atom. The zero-order valence-corrected chi connectivity index (χ0v) is 9.33. The monoisotopic (exact) mass is 227 g/mol. The van der Waals surface area contributed by atoms with Gasteiger partial charge in [0, 0.05) is 17.5 Å². The summed E-state index contributed by atoms with van der Waals surface area (Å²) in [7, 11) is 0. The van der Waals surface area contributed by atoms with Crippen LogP contribution in [0.25, 0.3) is 17.2 Å². The highest BCUT2D eigenvalue weighted by molar-refractivity contribution is 6.34. The van der Waals surface area contributed by atoms with E-state index in [2.05, 4.69) is 23.5 Å². The molecule has 0 saturated carbocycles. The number of fused-ring (bicyclic) bond motifs is 3. The lowest BCUT2D eigenvalue weighted by atomic mass is 9.99. The first kappa shape index (κ1) is 9.49. The van der Waals surface area contributed by atoms with Crippen molar-refractivity contribution < 1.29 is 0 Å². The standard InChI is InChI=1S/C14H10ClN/c15-12-6-3-7-13-14(12)11-5-2-1-4-10(11)8-9-16-13/h1-9,16H. The summed E-state index contributed by atoms with van der Waals surface area (Å²) in [5.41, 5.74) is 4.48. The highest BCUT2D eigenvalue weighted by atomic mass is 35.5. The van der Waals surface area contributed by atoms with E-state index in [0.717, 1.165) is 16.3 Å². The SMILES string of the molecule is Clc1cccc2c1-c1ccccc1C=CN2. The smallest absolute Gasteiger partial charge is 0.0505 e. The molecule has 0 radical (unpaired) electrons. The minimum absolute atomic E-state index is 0.779. The largest absolute Gasteiger partial charge is 0.361 e. The Morgan fingerprint density at radius 1 is 0.938 bits per heavy atom. The summed E-state index contributed by atoms with van der Waals surface area (Å²) >= 11 is 6.27. The van der Waals surface area contributed by atoms with Crippen LogP contribution in [0.1, 0.15) is 5.56 Å². The van der Waals surface area contributed by atoms with Gasteiger partial charge in [0.1, 0.15) is 0 Å². The molecule has 2 aromatic rings. The van der Waals surface area contributed by atoms with Gasteiger partial charge in [0.05, 0.1) is 5.02 Å². The summed E-state index contributed by atoms with van der Waals surface area (Å²) in [6, 6.07) is 14.2. The quantitative estimate of drug-likeness (QED) is 0.703. The van der Waals surface area contributed by atoms with E-state index in [-0.39, 0.29) is 0 Å². The van der Waals surface area contributed by atoms with E-state index in [0.29, 0.717) is 0 Å². The summed E-state index contributed by atoms with van der Waals surface area (Å²) in [6.07, 6.45) is 4.01. The minimum Gasteiger partial charge on any atom is -0.361 e. The third-order valence-corrected chi connectivity index (χ3v) is 3.06. The van der Waals surface area contributed by atoms with Crippen molar-refractivity contribution in [3.05, 3.63) is 59.3 Å². The van der Waals surface area contributed by atoms with Crippen LogP contribution in [0.15, 0.2) is 48.7 Å². The lowest BCUT2D eigenvalue weighted by Crippen LogP contribution is -1.89. The van der Waals surface area contributed by atoms with Crippen LogP contribution in [0.4, 0.5) is 5.69 Å². The molecule has 1 aliphatic rings. The average Bonchev–Trinajstić information content (AvgIpc) is 2.49. The molecular weight excluding hydrogens is 218 g/mol. The second-order valence-corrected chi connectivity index (χ2v) is 4.13. The van der Waals surface area contributed by atoms with Crippen molar-refractivity contribution in [1.82, 2.24) is 0 Å². The number of hydrogen-bond acceptors (Lipinski definition) is 1. The number of anilines is 1. The lowest BCUT2D eigenvalue weighted by molar-refractivity contribution is 1.58. The highest BCUT2D eigenvalue weighted by Crippen LogP contribution is 2.38. The molecule has 0 spiro atoms. The van der Waals surface area contributed by atoms with Crippen molar-refractivity contribution in [2.75, 3.05) is 5.32 Å². The molecule has 1 N–H and O–H groups in total. The Bertz CT molecular complexity index is 573. The second kappa shape index (κ2) is 3.69. The topological polar surface area (TPSA) is 12.0 Å². The van der Waals surface area contributed by atoms with Gasteiger partial charge in [0.25, 0.3) is 0 Å². The van der Waals surface area contributed by atoms with Crippen LogP contribution in [-0.2, 0) is 0 Å². The summed E-state index contributed by atoms with van der Waals surface area (Å²) in [5, 5.41) is 4.03. The van der Waals surface area contributed by atoms with Gasteiger partial charge in [0.2, 0.25) is 0 Å². The molecule has 0 saturated heterocycles.